The van der Waals surface area contributed by atoms with Gasteiger partial charge in [-0.25, -0.2) is 0 Å². The van der Waals surface area contributed by atoms with Crippen molar-refractivity contribution in [3.63, 3.8) is 0 Å². The average Bonchev–Trinajstić information content (AvgIpc) is 3.25. The first-order chi connectivity index (χ1) is 13.8. The van der Waals surface area contributed by atoms with E-state index in [-0.39, 0.29) is 5.91 Å². The van der Waals surface area contributed by atoms with Crippen LogP contribution in [0.25, 0.3) is 11.1 Å². The second-order valence-corrected chi connectivity index (χ2v) is 7.21. The number of carbonyl (C=O) groups excluding carboxylic acids is 1. The Balaban J connectivity index is 1.40. The summed E-state index contributed by atoms with van der Waals surface area (Å²) in [5.74, 6) is 1.33. The molecule has 28 heavy (non-hydrogen) atoms. The first-order valence-corrected chi connectivity index (χ1v) is 9.74. The highest BCUT2D eigenvalue weighted by molar-refractivity contribution is 5.79. The fourth-order valence-corrected chi connectivity index (χ4v) is 4.00. The van der Waals surface area contributed by atoms with Crippen molar-refractivity contribution in [2.75, 3.05) is 20.2 Å². The maximum absolute atomic E-state index is 12.8. The highest BCUT2D eigenvalue weighted by Gasteiger charge is 2.27. The number of amides is 1. The van der Waals surface area contributed by atoms with E-state index in [0.29, 0.717) is 12.3 Å². The monoisotopic (exact) mass is 375 g/mol. The number of methoxy groups -OCH3 is 1. The van der Waals surface area contributed by atoms with Crippen LogP contribution in [0.4, 0.5) is 0 Å². The van der Waals surface area contributed by atoms with Crippen LogP contribution in [0.1, 0.15) is 30.0 Å². The van der Waals surface area contributed by atoms with Gasteiger partial charge in [-0.2, -0.15) is 5.10 Å². The predicted octanol–water partition coefficient (Wildman–Crippen LogP) is 4.03. The van der Waals surface area contributed by atoms with E-state index < -0.39 is 0 Å². The van der Waals surface area contributed by atoms with Crippen molar-refractivity contribution in [3.8, 4) is 16.9 Å². The van der Waals surface area contributed by atoms with E-state index in [9.17, 15) is 4.79 Å². The quantitative estimate of drug-likeness (QED) is 0.732. The molecule has 5 heteroatoms. The van der Waals surface area contributed by atoms with Crippen molar-refractivity contribution in [1.82, 2.24) is 15.1 Å². The third-order valence-electron chi connectivity index (χ3n) is 5.54. The fraction of sp³-hybridized carbons (Fsp3) is 0.304. The zero-order valence-electron chi connectivity index (χ0n) is 16.1. The minimum atomic E-state index is 0.163. The lowest BCUT2D eigenvalue weighted by Crippen LogP contribution is -2.39. The van der Waals surface area contributed by atoms with Gasteiger partial charge in [-0.3, -0.25) is 9.89 Å². The Kier molecular flexibility index (Phi) is 5.42. The lowest BCUT2D eigenvalue weighted by atomic mass is 9.89. The molecule has 1 aliphatic heterocycles. The van der Waals surface area contributed by atoms with Crippen LogP contribution in [0.3, 0.4) is 0 Å². The van der Waals surface area contributed by atoms with Crippen molar-refractivity contribution in [1.29, 1.82) is 0 Å². The molecule has 1 fully saturated rings. The van der Waals surface area contributed by atoms with E-state index in [1.165, 1.54) is 16.8 Å². The Hall–Kier alpha value is -3.08. The van der Waals surface area contributed by atoms with Crippen LogP contribution in [0, 0.1) is 0 Å². The number of nitrogens with one attached hydrogen (secondary N) is 1. The third-order valence-corrected chi connectivity index (χ3v) is 5.54. The number of carbonyl (C=O) groups is 1. The molecule has 1 amide bonds. The summed E-state index contributed by atoms with van der Waals surface area (Å²) in [5.41, 5.74) is 4.47. The molecule has 5 nitrogen and oxygen atoms in total. The number of hydrogen-bond donors (Lipinski definition) is 1. The molecule has 144 valence electrons. The molecule has 0 bridgehead atoms. The van der Waals surface area contributed by atoms with Crippen LogP contribution < -0.4 is 4.74 Å². The number of para-hydroxylation sites is 1. The number of ether oxygens (including phenoxy) is 1. The Labute approximate surface area is 165 Å². The summed E-state index contributed by atoms with van der Waals surface area (Å²) in [4.78, 5) is 14.7. The molecule has 4 rings (SSSR count). The summed E-state index contributed by atoms with van der Waals surface area (Å²) < 4.78 is 5.37. The third kappa shape index (κ3) is 3.79. The van der Waals surface area contributed by atoms with E-state index in [1.807, 2.05) is 53.6 Å². The maximum Gasteiger partial charge on any atom is 0.227 e. The van der Waals surface area contributed by atoms with Gasteiger partial charge in [-0.1, -0.05) is 48.5 Å². The molecule has 3 aromatic rings. The Morgan fingerprint density at radius 3 is 2.57 bits per heavy atom. The molecule has 2 aromatic carbocycles. The van der Waals surface area contributed by atoms with Crippen LogP contribution >= 0.6 is 0 Å². The van der Waals surface area contributed by atoms with Gasteiger partial charge in [0.05, 0.1) is 19.7 Å². The maximum atomic E-state index is 12.8. The van der Waals surface area contributed by atoms with Gasteiger partial charge < -0.3 is 9.64 Å². The summed E-state index contributed by atoms with van der Waals surface area (Å²) >= 11 is 0. The highest BCUT2D eigenvalue weighted by atomic mass is 16.5. The van der Waals surface area contributed by atoms with Crippen LogP contribution in [-0.4, -0.2) is 41.2 Å². The molecule has 1 aliphatic rings. The van der Waals surface area contributed by atoms with Crippen LogP contribution in [0.15, 0.2) is 60.8 Å². The number of hydrogen-bond acceptors (Lipinski definition) is 3. The lowest BCUT2D eigenvalue weighted by Gasteiger charge is -2.32. The van der Waals surface area contributed by atoms with Gasteiger partial charge in [0, 0.05) is 35.8 Å². The van der Waals surface area contributed by atoms with E-state index in [4.69, 9.17) is 4.74 Å². The number of piperidine rings is 1. The standard InChI is InChI=1S/C23H25N3O2/c1-28-21-10-6-5-9-19(21)15-22(27)26-13-11-18(12-14-26)23-20(16-24-25-23)17-7-3-2-4-8-17/h2-10,16,18H,11-15H2,1H3,(H,24,25). The Morgan fingerprint density at radius 2 is 1.82 bits per heavy atom. The van der Waals surface area contributed by atoms with Gasteiger partial charge in [0.25, 0.3) is 0 Å². The molecule has 0 spiro atoms. The van der Waals surface area contributed by atoms with Gasteiger partial charge in [0.2, 0.25) is 5.91 Å². The van der Waals surface area contributed by atoms with Gasteiger partial charge in [-0.15, -0.1) is 0 Å². The molecular formula is C23H25N3O2. The van der Waals surface area contributed by atoms with E-state index in [2.05, 4.69) is 22.3 Å². The largest absolute Gasteiger partial charge is 0.496 e. The molecular weight excluding hydrogens is 350 g/mol. The SMILES string of the molecule is COc1ccccc1CC(=O)N1CCC(c2[nH]ncc2-c2ccccc2)CC1. The number of likely N-dealkylation sites (tertiary alicyclic amines) is 1. The number of rotatable bonds is 5. The number of nitrogens with zero attached hydrogens (tertiary/aromatic N) is 2. The van der Waals surface area contributed by atoms with Crippen LogP contribution in [-0.2, 0) is 11.2 Å². The Bertz CT molecular complexity index is 928. The Morgan fingerprint density at radius 1 is 1.11 bits per heavy atom. The lowest BCUT2D eigenvalue weighted by molar-refractivity contribution is -0.131. The fourth-order valence-electron chi connectivity index (χ4n) is 4.00. The van der Waals surface area contributed by atoms with Crippen molar-refractivity contribution >= 4 is 5.91 Å². The normalized spacial score (nSPS) is 14.8. The highest BCUT2D eigenvalue weighted by Crippen LogP contribution is 2.34. The van der Waals surface area contributed by atoms with Gasteiger partial charge >= 0.3 is 0 Å². The minimum Gasteiger partial charge on any atom is -0.496 e. The number of H-pyrrole nitrogens is 1. The van der Waals surface area contributed by atoms with E-state index in [0.717, 1.165) is 37.2 Å². The second kappa shape index (κ2) is 8.30. The molecule has 2 heterocycles. The van der Waals surface area contributed by atoms with Crippen molar-refractivity contribution in [2.24, 2.45) is 0 Å². The van der Waals surface area contributed by atoms with E-state index in [1.54, 1.807) is 7.11 Å². The molecule has 0 atom stereocenters. The number of benzene rings is 2. The van der Waals surface area contributed by atoms with Gasteiger partial charge in [0.1, 0.15) is 5.75 Å². The first-order valence-electron chi connectivity index (χ1n) is 9.74. The molecule has 1 saturated heterocycles. The summed E-state index contributed by atoms with van der Waals surface area (Å²) in [6.45, 7) is 1.54. The summed E-state index contributed by atoms with van der Waals surface area (Å²) in [6.07, 6.45) is 4.18. The first kappa shape index (κ1) is 18.3. The topological polar surface area (TPSA) is 58.2 Å². The molecule has 1 N–H and O–H groups in total. The van der Waals surface area contributed by atoms with Crippen molar-refractivity contribution < 1.29 is 9.53 Å². The zero-order chi connectivity index (χ0) is 19.3. The van der Waals surface area contributed by atoms with Gasteiger partial charge in [0.15, 0.2) is 0 Å². The minimum absolute atomic E-state index is 0.163. The molecule has 0 saturated carbocycles. The number of aromatic amines is 1. The summed E-state index contributed by atoms with van der Waals surface area (Å²) in [5, 5.41) is 7.49. The van der Waals surface area contributed by atoms with Gasteiger partial charge in [-0.05, 0) is 24.5 Å². The zero-order valence-corrected chi connectivity index (χ0v) is 16.1. The predicted molar refractivity (Wildman–Crippen MR) is 109 cm³/mol. The molecule has 0 aliphatic carbocycles. The van der Waals surface area contributed by atoms with Crippen LogP contribution in [0.5, 0.6) is 5.75 Å². The van der Waals surface area contributed by atoms with Crippen LogP contribution in [0.2, 0.25) is 0 Å². The molecule has 1 aromatic heterocycles. The summed E-state index contributed by atoms with van der Waals surface area (Å²) in [6, 6.07) is 18.1. The molecule has 0 radical (unpaired) electrons. The smallest absolute Gasteiger partial charge is 0.227 e. The second-order valence-electron chi connectivity index (χ2n) is 7.21. The average molecular weight is 375 g/mol. The van der Waals surface area contributed by atoms with Crippen molar-refractivity contribution in [2.45, 2.75) is 25.2 Å². The van der Waals surface area contributed by atoms with Crippen molar-refractivity contribution in [3.05, 3.63) is 72.1 Å². The number of aromatic nitrogens is 2. The summed E-state index contributed by atoms with van der Waals surface area (Å²) in [7, 11) is 1.64. The van der Waals surface area contributed by atoms with E-state index >= 15 is 0 Å². The molecule has 0 unspecified atom stereocenters.